The molecular formula is C27H30N2O4. The van der Waals surface area contributed by atoms with E-state index in [1.807, 2.05) is 73.7 Å². The molecule has 0 saturated heterocycles. The van der Waals surface area contributed by atoms with E-state index in [1.54, 1.807) is 31.2 Å². The van der Waals surface area contributed by atoms with E-state index < -0.39 is 6.04 Å². The topological polar surface area (TPSA) is 67.9 Å². The van der Waals surface area contributed by atoms with Gasteiger partial charge in [-0.25, -0.2) is 0 Å². The van der Waals surface area contributed by atoms with Crippen molar-refractivity contribution < 1.29 is 19.1 Å². The molecule has 1 N–H and O–H groups in total. The number of nitrogens with zero attached hydrogens (tertiary/aromatic N) is 1. The van der Waals surface area contributed by atoms with Gasteiger partial charge in [0.25, 0.3) is 5.91 Å². The second-order valence-corrected chi connectivity index (χ2v) is 7.77. The van der Waals surface area contributed by atoms with Gasteiger partial charge in [-0.3, -0.25) is 9.59 Å². The second-order valence-electron chi connectivity index (χ2n) is 7.77. The molecule has 0 aliphatic rings. The van der Waals surface area contributed by atoms with E-state index in [9.17, 15) is 9.59 Å². The number of benzene rings is 3. The fourth-order valence-electron chi connectivity index (χ4n) is 3.69. The first kappa shape index (κ1) is 23.9. The SMILES string of the molecule is CNC(=O)[C@@H](Cc1ccccc1)N(Cc1cccc(C)c1)C(=O)COc1ccccc1OC. The third kappa shape index (κ3) is 6.59. The zero-order chi connectivity index (χ0) is 23.6. The molecule has 0 heterocycles. The monoisotopic (exact) mass is 446 g/mol. The van der Waals surface area contributed by atoms with E-state index in [0.717, 1.165) is 16.7 Å². The summed E-state index contributed by atoms with van der Waals surface area (Å²) in [5.74, 6) is 0.509. The largest absolute Gasteiger partial charge is 0.493 e. The Morgan fingerprint density at radius 1 is 0.909 bits per heavy atom. The van der Waals surface area contributed by atoms with Crippen molar-refractivity contribution in [3.05, 3.63) is 95.6 Å². The average Bonchev–Trinajstić information content (AvgIpc) is 2.85. The minimum absolute atomic E-state index is 0.214. The van der Waals surface area contributed by atoms with Gasteiger partial charge in [0.1, 0.15) is 6.04 Å². The maximum absolute atomic E-state index is 13.4. The number of carbonyl (C=O) groups excluding carboxylic acids is 2. The van der Waals surface area contributed by atoms with Gasteiger partial charge in [0.15, 0.2) is 18.1 Å². The zero-order valence-electron chi connectivity index (χ0n) is 19.3. The molecule has 0 saturated carbocycles. The van der Waals surface area contributed by atoms with E-state index >= 15 is 0 Å². The van der Waals surface area contributed by atoms with Gasteiger partial charge in [-0.1, -0.05) is 72.3 Å². The molecule has 3 rings (SSSR count). The third-order valence-corrected chi connectivity index (χ3v) is 5.37. The number of para-hydroxylation sites is 2. The number of likely N-dealkylation sites (N-methyl/N-ethyl adjacent to an activating group) is 1. The lowest BCUT2D eigenvalue weighted by Crippen LogP contribution is -2.51. The van der Waals surface area contributed by atoms with Crippen LogP contribution in [-0.4, -0.2) is 43.5 Å². The first-order chi connectivity index (χ1) is 16.0. The van der Waals surface area contributed by atoms with E-state index in [2.05, 4.69) is 5.32 Å². The van der Waals surface area contributed by atoms with Crippen LogP contribution in [0.3, 0.4) is 0 Å². The molecule has 33 heavy (non-hydrogen) atoms. The van der Waals surface area contributed by atoms with Crippen LogP contribution in [0, 0.1) is 6.92 Å². The molecule has 3 aromatic carbocycles. The van der Waals surface area contributed by atoms with E-state index in [1.165, 1.54) is 0 Å². The minimum Gasteiger partial charge on any atom is -0.493 e. The lowest BCUT2D eigenvalue weighted by atomic mass is 10.0. The maximum atomic E-state index is 13.4. The molecule has 1 atom stereocenters. The van der Waals surface area contributed by atoms with E-state index in [0.29, 0.717) is 24.5 Å². The Morgan fingerprint density at radius 3 is 2.24 bits per heavy atom. The summed E-state index contributed by atoms with van der Waals surface area (Å²) in [6.07, 6.45) is 0.396. The number of rotatable bonds is 10. The number of hydrogen-bond donors (Lipinski definition) is 1. The molecule has 172 valence electrons. The Bertz CT molecular complexity index is 1070. The van der Waals surface area contributed by atoms with Gasteiger partial charge in [-0.15, -0.1) is 0 Å². The zero-order valence-corrected chi connectivity index (χ0v) is 19.3. The molecule has 0 unspecified atom stereocenters. The standard InChI is InChI=1S/C27H30N2O4/c1-20-10-9-13-22(16-20)18-29(23(27(31)28-2)17-21-11-5-4-6-12-21)26(30)19-33-25-15-8-7-14-24(25)32-3/h4-16,23H,17-19H2,1-3H3,(H,28,31)/t23-/m1/s1. The Balaban J connectivity index is 1.88. The number of amides is 2. The lowest BCUT2D eigenvalue weighted by molar-refractivity contribution is -0.142. The highest BCUT2D eigenvalue weighted by molar-refractivity contribution is 5.88. The molecule has 0 spiro atoms. The summed E-state index contributed by atoms with van der Waals surface area (Å²) < 4.78 is 11.1. The van der Waals surface area contributed by atoms with Crippen LogP contribution in [0.4, 0.5) is 0 Å². The molecule has 6 heteroatoms. The highest BCUT2D eigenvalue weighted by Gasteiger charge is 2.30. The first-order valence-corrected chi connectivity index (χ1v) is 10.9. The molecule has 0 fully saturated rings. The van der Waals surface area contributed by atoms with Crippen LogP contribution in [0.25, 0.3) is 0 Å². The van der Waals surface area contributed by atoms with Crippen molar-refractivity contribution >= 4 is 11.8 Å². The number of nitrogens with one attached hydrogen (secondary N) is 1. The molecule has 0 radical (unpaired) electrons. The molecule has 0 aromatic heterocycles. The van der Waals surface area contributed by atoms with E-state index in [4.69, 9.17) is 9.47 Å². The molecule has 3 aromatic rings. The minimum atomic E-state index is -0.688. The van der Waals surface area contributed by atoms with Crippen LogP contribution < -0.4 is 14.8 Å². The van der Waals surface area contributed by atoms with Crippen molar-refractivity contribution in [3.63, 3.8) is 0 Å². The summed E-state index contributed by atoms with van der Waals surface area (Å²) in [5, 5.41) is 2.72. The van der Waals surface area contributed by atoms with Gasteiger partial charge in [0.2, 0.25) is 5.91 Å². The van der Waals surface area contributed by atoms with Crippen molar-refractivity contribution in [2.24, 2.45) is 0 Å². The van der Waals surface area contributed by atoms with Gasteiger partial charge in [-0.2, -0.15) is 0 Å². The number of hydrogen-bond acceptors (Lipinski definition) is 4. The first-order valence-electron chi connectivity index (χ1n) is 10.9. The summed E-state index contributed by atoms with van der Waals surface area (Å²) in [6, 6.07) is 24.1. The normalized spacial score (nSPS) is 11.4. The molecule has 2 amide bonds. The molecule has 0 bridgehead atoms. The summed E-state index contributed by atoms with van der Waals surface area (Å²) in [6.45, 7) is 2.08. The van der Waals surface area contributed by atoms with Gasteiger partial charge >= 0.3 is 0 Å². The van der Waals surface area contributed by atoms with Crippen LogP contribution >= 0.6 is 0 Å². The average molecular weight is 447 g/mol. The van der Waals surface area contributed by atoms with Gasteiger partial charge in [0.05, 0.1) is 7.11 Å². The van der Waals surface area contributed by atoms with Crippen LogP contribution in [0.1, 0.15) is 16.7 Å². The second kappa shape index (κ2) is 11.7. The molecule has 6 nitrogen and oxygen atoms in total. The number of methoxy groups -OCH3 is 1. The van der Waals surface area contributed by atoms with E-state index in [-0.39, 0.29) is 18.4 Å². The third-order valence-electron chi connectivity index (χ3n) is 5.37. The number of aryl methyl sites for hydroxylation is 1. The van der Waals surface area contributed by atoms with Crippen molar-refractivity contribution in [2.45, 2.75) is 25.9 Å². The summed E-state index contributed by atoms with van der Waals surface area (Å²) in [4.78, 5) is 28.0. The quantitative estimate of drug-likeness (QED) is 0.515. The van der Waals surface area contributed by atoms with Gasteiger partial charge in [0, 0.05) is 20.0 Å². The fourth-order valence-corrected chi connectivity index (χ4v) is 3.69. The van der Waals surface area contributed by atoms with Crippen molar-refractivity contribution in [3.8, 4) is 11.5 Å². The van der Waals surface area contributed by atoms with Crippen LogP contribution in [0.15, 0.2) is 78.9 Å². The predicted molar refractivity (Wildman–Crippen MR) is 128 cm³/mol. The lowest BCUT2D eigenvalue weighted by Gasteiger charge is -2.31. The highest BCUT2D eigenvalue weighted by atomic mass is 16.5. The highest BCUT2D eigenvalue weighted by Crippen LogP contribution is 2.26. The maximum Gasteiger partial charge on any atom is 0.261 e. The number of carbonyl (C=O) groups is 2. The van der Waals surface area contributed by atoms with Crippen LogP contribution in [-0.2, 0) is 22.6 Å². The van der Waals surface area contributed by atoms with Gasteiger partial charge in [-0.05, 0) is 30.2 Å². The Morgan fingerprint density at radius 2 is 1.58 bits per heavy atom. The Kier molecular flexibility index (Phi) is 8.47. The molecule has 0 aliphatic carbocycles. The predicted octanol–water partition coefficient (Wildman–Crippen LogP) is 3.77. The van der Waals surface area contributed by atoms with Crippen LogP contribution in [0.5, 0.6) is 11.5 Å². The Hall–Kier alpha value is -3.80. The van der Waals surface area contributed by atoms with Crippen molar-refractivity contribution in [1.29, 1.82) is 0 Å². The smallest absolute Gasteiger partial charge is 0.261 e. The fraction of sp³-hybridized carbons (Fsp3) is 0.259. The summed E-state index contributed by atoms with van der Waals surface area (Å²) in [5.41, 5.74) is 3.01. The molecular weight excluding hydrogens is 416 g/mol. The number of ether oxygens (including phenoxy) is 2. The summed E-state index contributed by atoms with van der Waals surface area (Å²) >= 11 is 0. The molecule has 0 aliphatic heterocycles. The summed E-state index contributed by atoms with van der Waals surface area (Å²) in [7, 11) is 3.14. The van der Waals surface area contributed by atoms with Gasteiger partial charge < -0.3 is 19.7 Å². The Labute approximate surface area is 195 Å². The van der Waals surface area contributed by atoms with Crippen molar-refractivity contribution in [2.75, 3.05) is 20.8 Å². The van der Waals surface area contributed by atoms with Crippen LogP contribution in [0.2, 0.25) is 0 Å². The van der Waals surface area contributed by atoms with Crippen molar-refractivity contribution in [1.82, 2.24) is 10.2 Å².